The maximum absolute atomic E-state index is 5.83. The Morgan fingerprint density at radius 1 is 1.29 bits per heavy atom. The average molecular weight is 287 g/mol. The molecule has 2 atom stereocenters. The van der Waals surface area contributed by atoms with Gasteiger partial charge < -0.3 is 10.5 Å². The molecule has 21 heavy (non-hydrogen) atoms. The molecule has 2 unspecified atom stereocenters. The molecule has 4 nitrogen and oxygen atoms in total. The lowest BCUT2D eigenvalue weighted by Gasteiger charge is -2.09. The summed E-state index contributed by atoms with van der Waals surface area (Å²) < 4.78 is 7.82. The van der Waals surface area contributed by atoms with E-state index in [0.717, 1.165) is 24.3 Å². The van der Waals surface area contributed by atoms with Crippen LogP contribution in [-0.2, 0) is 13.0 Å². The van der Waals surface area contributed by atoms with Crippen LogP contribution in [0.2, 0.25) is 0 Å². The van der Waals surface area contributed by atoms with Crippen LogP contribution in [0.3, 0.4) is 0 Å². The van der Waals surface area contributed by atoms with Gasteiger partial charge in [0.2, 0.25) is 0 Å². The summed E-state index contributed by atoms with van der Waals surface area (Å²) >= 11 is 0. The second-order valence-electron chi connectivity index (χ2n) is 5.66. The fourth-order valence-corrected chi connectivity index (χ4v) is 2.18. The average Bonchev–Trinajstić information content (AvgIpc) is 2.93. The molecular formula is C17H25N3O. The molecule has 0 saturated heterocycles. The van der Waals surface area contributed by atoms with E-state index in [-0.39, 0.29) is 6.04 Å². The Balaban J connectivity index is 1.95. The van der Waals surface area contributed by atoms with Crippen molar-refractivity contribution in [3.05, 3.63) is 47.8 Å². The quantitative estimate of drug-likeness (QED) is 0.850. The molecular weight excluding hydrogens is 262 g/mol. The molecule has 0 radical (unpaired) electrons. The van der Waals surface area contributed by atoms with Crippen LogP contribution in [0.15, 0.2) is 36.5 Å². The van der Waals surface area contributed by atoms with Gasteiger partial charge in [-0.05, 0) is 50.5 Å². The molecule has 2 N–H and O–H groups in total. The van der Waals surface area contributed by atoms with Crippen LogP contribution >= 0.6 is 0 Å². The van der Waals surface area contributed by atoms with Crippen molar-refractivity contribution in [3.8, 4) is 5.75 Å². The van der Waals surface area contributed by atoms with Crippen LogP contribution < -0.4 is 10.5 Å². The monoisotopic (exact) mass is 287 g/mol. The Hall–Kier alpha value is -1.81. The highest BCUT2D eigenvalue weighted by atomic mass is 16.5. The van der Waals surface area contributed by atoms with E-state index < -0.39 is 0 Å². The Morgan fingerprint density at radius 2 is 2.10 bits per heavy atom. The molecule has 2 rings (SSSR count). The standard InChI is InChI=1S/C17H25N3O/c1-4-14(3)20-9-8-16(19-20)12-21-17-7-5-6-15(11-17)10-13(2)18/h5-9,11,13-14H,4,10,12,18H2,1-3H3. The highest BCUT2D eigenvalue weighted by Crippen LogP contribution is 2.16. The molecule has 0 aliphatic heterocycles. The Labute approximate surface area is 126 Å². The van der Waals surface area contributed by atoms with Crippen molar-refractivity contribution in [3.63, 3.8) is 0 Å². The van der Waals surface area contributed by atoms with Gasteiger partial charge in [-0.15, -0.1) is 0 Å². The molecule has 0 saturated carbocycles. The minimum atomic E-state index is 0.159. The highest BCUT2D eigenvalue weighted by Gasteiger charge is 2.06. The minimum Gasteiger partial charge on any atom is -0.487 e. The van der Waals surface area contributed by atoms with Gasteiger partial charge in [0, 0.05) is 18.3 Å². The van der Waals surface area contributed by atoms with E-state index in [2.05, 4.69) is 31.1 Å². The predicted octanol–water partition coefficient (Wildman–Crippen LogP) is 3.32. The summed E-state index contributed by atoms with van der Waals surface area (Å²) in [4.78, 5) is 0. The normalized spacial score (nSPS) is 13.9. The van der Waals surface area contributed by atoms with Gasteiger partial charge in [0.1, 0.15) is 12.4 Å². The van der Waals surface area contributed by atoms with Crippen LogP contribution in [0.4, 0.5) is 0 Å². The molecule has 1 aromatic heterocycles. The second kappa shape index (κ2) is 7.27. The van der Waals surface area contributed by atoms with Gasteiger partial charge in [0.25, 0.3) is 0 Å². The molecule has 114 valence electrons. The van der Waals surface area contributed by atoms with E-state index in [1.807, 2.05) is 36.0 Å². The van der Waals surface area contributed by atoms with Crippen LogP contribution in [0.5, 0.6) is 5.75 Å². The first-order chi connectivity index (χ1) is 10.1. The molecule has 0 fully saturated rings. The smallest absolute Gasteiger partial charge is 0.132 e. The second-order valence-corrected chi connectivity index (χ2v) is 5.66. The number of nitrogens with two attached hydrogens (primary N) is 1. The first-order valence-electron chi connectivity index (χ1n) is 7.59. The van der Waals surface area contributed by atoms with Gasteiger partial charge in [0.15, 0.2) is 0 Å². The van der Waals surface area contributed by atoms with Crippen molar-refractivity contribution in [1.82, 2.24) is 9.78 Å². The van der Waals surface area contributed by atoms with Crippen molar-refractivity contribution in [2.75, 3.05) is 0 Å². The third-order valence-electron chi connectivity index (χ3n) is 3.55. The Kier molecular flexibility index (Phi) is 5.39. The molecule has 0 amide bonds. The zero-order valence-corrected chi connectivity index (χ0v) is 13.1. The first-order valence-corrected chi connectivity index (χ1v) is 7.59. The molecule has 0 aliphatic rings. The molecule has 1 aromatic carbocycles. The number of benzene rings is 1. The van der Waals surface area contributed by atoms with Gasteiger partial charge in [-0.3, -0.25) is 4.68 Å². The molecule has 0 aliphatic carbocycles. The lowest BCUT2D eigenvalue weighted by molar-refractivity contribution is 0.298. The fraction of sp³-hybridized carbons (Fsp3) is 0.471. The first kappa shape index (κ1) is 15.6. The van der Waals surface area contributed by atoms with Crippen LogP contribution in [0.1, 0.15) is 44.5 Å². The predicted molar refractivity (Wildman–Crippen MR) is 85.4 cm³/mol. The van der Waals surface area contributed by atoms with Crippen LogP contribution in [0.25, 0.3) is 0 Å². The third-order valence-corrected chi connectivity index (χ3v) is 3.55. The van der Waals surface area contributed by atoms with Gasteiger partial charge in [-0.25, -0.2) is 0 Å². The summed E-state index contributed by atoms with van der Waals surface area (Å²) in [6.07, 6.45) is 3.94. The third kappa shape index (κ3) is 4.60. The fourth-order valence-electron chi connectivity index (χ4n) is 2.18. The van der Waals surface area contributed by atoms with E-state index in [1.165, 1.54) is 5.56 Å². The van der Waals surface area contributed by atoms with Gasteiger partial charge in [-0.2, -0.15) is 5.10 Å². The van der Waals surface area contributed by atoms with Crippen LogP contribution in [-0.4, -0.2) is 15.8 Å². The van der Waals surface area contributed by atoms with Gasteiger partial charge in [-0.1, -0.05) is 19.1 Å². The molecule has 4 heteroatoms. The number of nitrogens with zero attached hydrogens (tertiary/aromatic N) is 2. The van der Waals surface area contributed by atoms with E-state index in [4.69, 9.17) is 10.5 Å². The zero-order chi connectivity index (χ0) is 15.2. The minimum absolute atomic E-state index is 0.159. The summed E-state index contributed by atoms with van der Waals surface area (Å²) in [5.74, 6) is 0.867. The number of hydrogen-bond acceptors (Lipinski definition) is 3. The Bertz CT molecular complexity index is 563. The van der Waals surface area contributed by atoms with Crippen molar-refractivity contribution < 1.29 is 4.74 Å². The summed E-state index contributed by atoms with van der Waals surface area (Å²) in [6, 6.07) is 10.7. The van der Waals surface area contributed by atoms with Gasteiger partial charge in [0.05, 0.1) is 5.69 Å². The lowest BCUT2D eigenvalue weighted by atomic mass is 10.1. The summed E-state index contributed by atoms with van der Waals surface area (Å²) in [5.41, 5.74) is 7.98. The SMILES string of the molecule is CCC(C)n1ccc(COc2cccc(CC(C)N)c2)n1. The number of rotatable bonds is 7. The Morgan fingerprint density at radius 3 is 2.81 bits per heavy atom. The molecule has 0 spiro atoms. The highest BCUT2D eigenvalue weighted by molar-refractivity contribution is 5.29. The maximum Gasteiger partial charge on any atom is 0.132 e. The van der Waals surface area contributed by atoms with Gasteiger partial charge >= 0.3 is 0 Å². The van der Waals surface area contributed by atoms with Crippen molar-refractivity contribution in [2.45, 2.75) is 52.3 Å². The van der Waals surface area contributed by atoms with Crippen LogP contribution in [0, 0.1) is 0 Å². The number of ether oxygens (including phenoxy) is 1. The largest absolute Gasteiger partial charge is 0.487 e. The summed E-state index contributed by atoms with van der Waals surface area (Å²) in [5, 5.41) is 4.54. The number of hydrogen-bond donors (Lipinski definition) is 1. The summed E-state index contributed by atoms with van der Waals surface area (Å²) in [7, 11) is 0. The van der Waals surface area contributed by atoms with Crippen molar-refractivity contribution in [2.24, 2.45) is 5.73 Å². The van der Waals surface area contributed by atoms with Crippen molar-refractivity contribution in [1.29, 1.82) is 0 Å². The van der Waals surface area contributed by atoms with E-state index in [0.29, 0.717) is 12.6 Å². The number of aromatic nitrogens is 2. The maximum atomic E-state index is 5.83. The molecule has 2 aromatic rings. The molecule has 1 heterocycles. The zero-order valence-electron chi connectivity index (χ0n) is 13.1. The topological polar surface area (TPSA) is 53.1 Å². The lowest BCUT2D eigenvalue weighted by Crippen LogP contribution is -2.17. The summed E-state index contributed by atoms with van der Waals surface area (Å²) in [6.45, 7) is 6.82. The van der Waals surface area contributed by atoms with E-state index >= 15 is 0 Å². The molecule has 0 bridgehead atoms. The van der Waals surface area contributed by atoms with E-state index in [1.54, 1.807) is 0 Å². The van der Waals surface area contributed by atoms with E-state index in [9.17, 15) is 0 Å². The van der Waals surface area contributed by atoms with Crippen molar-refractivity contribution >= 4 is 0 Å².